The molecule has 5 nitrogen and oxygen atoms in total. The van der Waals surface area contributed by atoms with Crippen LogP contribution in [0.5, 0.6) is 0 Å². The van der Waals surface area contributed by atoms with Gasteiger partial charge in [-0.15, -0.1) is 0 Å². The number of nitrogens with one attached hydrogen (secondary N) is 1. The molecule has 1 aromatic rings. The number of carboxylic acid groups (broad SMARTS) is 1. The van der Waals surface area contributed by atoms with Crippen LogP contribution in [0, 0.1) is 0 Å². The van der Waals surface area contributed by atoms with E-state index < -0.39 is 12.0 Å². The van der Waals surface area contributed by atoms with Gasteiger partial charge in [-0.25, -0.2) is 0 Å². The van der Waals surface area contributed by atoms with Gasteiger partial charge in [-0.3, -0.25) is 14.5 Å². The van der Waals surface area contributed by atoms with Crippen LogP contribution >= 0.6 is 0 Å². The second kappa shape index (κ2) is 3.84. The molecule has 1 aliphatic rings. The smallest absolute Gasteiger partial charge is 0.323 e. The summed E-state index contributed by atoms with van der Waals surface area (Å²) in [6.45, 7) is 1.41. The number of carbonyl (C=O) groups excluding carboxylic acids is 1. The van der Waals surface area contributed by atoms with Gasteiger partial charge in [0.25, 0.3) is 0 Å². The Morgan fingerprint density at radius 3 is 2.88 bits per heavy atom. The van der Waals surface area contributed by atoms with Crippen molar-refractivity contribution in [2.24, 2.45) is 0 Å². The van der Waals surface area contributed by atoms with Crippen molar-refractivity contribution < 1.29 is 14.7 Å². The van der Waals surface area contributed by atoms with Gasteiger partial charge in [0.1, 0.15) is 12.6 Å². The van der Waals surface area contributed by atoms with E-state index in [4.69, 9.17) is 5.11 Å². The molecule has 0 aromatic heterocycles. The van der Waals surface area contributed by atoms with Crippen LogP contribution in [-0.2, 0) is 9.59 Å². The maximum Gasteiger partial charge on any atom is 0.323 e. The zero-order valence-electron chi connectivity index (χ0n) is 8.80. The van der Waals surface area contributed by atoms with Gasteiger partial charge < -0.3 is 10.4 Å². The third-order valence-corrected chi connectivity index (χ3v) is 2.50. The van der Waals surface area contributed by atoms with E-state index >= 15 is 0 Å². The molecule has 1 aromatic carbocycles. The average molecular weight is 220 g/mol. The van der Waals surface area contributed by atoms with E-state index in [1.54, 1.807) is 19.1 Å². The second-order valence-corrected chi connectivity index (χ2v) is 3.70. The molecule has 2 N–H and O–H groups in total. The summed E-state index contributed by atoms with van der Waals surface area (Å²) in [5, 5.41) is 11.8. The van der Waals surface area contributed by atoms with Gasteiger partial charge >= 0.3 is 5.97 Å². The van der Waals surface area contributed by atoms with Crippen LogP contribution in [0.1, 0.15) is 6.92 Å². The zero-order valence-corrected chi connectivity index (χ0v) is 8.80. The van der Waals surface area contributed by atoms with Crippen LogP contribution in [-0.4, -0.2) is 29.6 Å². The van der Waals surface area contributed by atoms with Crippen LogP contribution in [0.3, 0.4) is 0 Å². The SMILES string of the molecule is CC1Nc2ccccc2N(CC(=O)O)C1=O. The number of aliphatic carboxylic acids is 1. The standard InChI is InChI=1S/C11H12N2O3/c1-7-11(16)13(6-10(14)15)9-5-3-2-4-8(9)12-7/h2-5,7,12H,6H2,1H3,(H,14,15). The molecule has 0 saturated heterocycles. The summed E-state index contributed by atoms with van der Waals surface area (Å²) in [6.07, 6.45) is 0. The molecule has 0 saturated carbocycles. The Morgan fingerprint density at radius 2 is 2.19 bits per heavy atom. The first-order valence-electron chi connectivity index (χ1n) is 4.98. The van der Waals surface area contributed by atoms with Gasteiger partial charge in [0.2, 0.25) is 5.91 Å². The van der Waals surface area contributed by atoms with Gasteiger partial charge in [-0.1, -0.05) is 12.1 Å². The number of para-hydroxylation sites is 2. The van der Waals surface area contributed by atoms with E-state index in [0.29, 0.717) is 5.69 Å². The van der Waals surface area contributed by atoms with Crippen LogP contribution in [0.25, 0.3) is 0 Å². The number of benzene rings is 1. The number of hydrogen-bond donors (Lipinski definition) is 2. The number of carbonyl (C=O) groups is 2. The predicted octanol–water partition coefficient (Wildman–Crippen LogP) is 0.918. The molecule has 1 unspecified atom stereocenters. The van der Waals surface area contributed by atoms with Gasteiger partial charge in [0.05, 0.1) is 11.4 Å². The van der Waals surface area contributed by atoms with Crippen molar-refractivity contribution in [3.05, 3.63) is 24.3 Å². The summed E-state index contributed by atoms with van der Waals surface area (Å²) in [5.74, 6) is -1.24. The molecular weight excluding hydrogens is 208 g/mol. The minimum atomic E-state index is -1.02. The minimum Gasteiger partial charge on any atom is -0.480 e. The van der Waals surface area contributed by atoms with Crippen molar-refractivity contribution in [1.29, 1.82) is 0 Å². The van der Waals surface area contributed by atoms with E-state index in [0.717, 1.165) is 5.69 Å². The highest BCUT2D eigenvalue weighted by molar-refractivity contribution is 6.06. The predicted molar refractivity (Wildman–Crippen MR) is 59.5 cm³/mol. The Balaban J connectivity index is 2.41. The van der Waals surface area contributed by atoms with Crippen molar-refractivity contribution in [3.8, 4) is 0 Å². The maximum atomic E-state index is 11.8. The maximum absolute atomic E-state index is 11.8. The summed E-state index contributed by atoms with van der Waals surface area (Å²) < 4.78 is 0. The van der Waals surface area contributed by atoms with E-state index in [2.05, 4.69) is 5.32 Å². The molecule has 0 bridgehead atoms. The first-order chi connectivity index (χ1) is 7.59. The summed E-state index contributed by atoms with van der Waals surface area (Å²) in [6, 6.07) is 6.78. The zero-order chi connectivity index (χ0) is 11.7. The van der Waals surface area contributed by atoms with Crippen molar-refractivity contribution in [2.75, 3.05) is 16.8 Å². The number of nitrogens with zero attached hydrogens (tertiary/aromatic N) is 1. The minimum absolute atomic E-state index is 0.221. The molecular formula is C11H12N2O3. The van der Waals surface area contributed by atoms with Gasteiger partial charge in [0.15, 0.2) is 0 Å². The molecule has 0 aliphatic carbocycles. The number of fused-ring (bicyclic) bond motifs is 1. The summed E-state index contributed by atoms with van der Waals surface area (Å²) in [5.41, 5.74) is 1.41. The lowest BCUT2D eigenvalue weighted by Crippen LogP contribution is -2.47. The van der Waals surface area contributed by atoms with Gasteiger partial charge in [-0.05, 0) is 19.1 Å². The van der Waals surface area contributed by atoms with Crippen molar-refractivity contribution in [2.45, 2.75) is 13.0 Å². The Kier molecular flexibility index (Phi) is 2.52. The Labute approximate surface area is 92.7 Å². The number of hydrogen-bond acceptors (Lipinski definition) is 3. The van der Waals surface area contributed by atoms with Crippen molar-refractivity contribution in [3.63, 3.8) is 0 Å². The largest absolute Gasteiger partial charge is 0.480 e. The van der Waals surface area contributed by atoms with Gasteiger partial charge in [-0.2, -0.15) is 0 Å². The summed E-state index contributed by atoms with van der Waals surface area (Å²) in [4.78, 5) is 23.8. The second-order valence-electron chi connectivity index (χ2n) is 3.70. The molecule has 0 fully saturated rings. The number of carboxylic acids is 1. The van der Waals surface area contributed by atoms with E-state index in [9.17, 15) is 9.59 Å². The quantitative estimate of drug-likeness (QED) is 0.777. The van der Waals surface area contributed by atoms with Gasteiger partial charge in [0, 0.05) is 0 Å². The number of amides is 1. The van der Waals surface area contributed by atoms with Crippen LogP contribution in [0.15, 0.2) is 24.3 Å². The fourth-order valence-corrected chi connectivity index (χ4v) is 1.78. The number of anilines is 2. The van der Waals surface area contributed by atoms with Crippen LogP contribution < -0.4 is 10.2 Å². The van der Waals surface area contributed by atoms with Crippen LogP contribution in [0.4, 0.5) is 11.4 Å². The molecule has 1 atom stereocenters. The lowest BCUT2D eigenvalue weighted by atomic mass is 10.1. The van der Waals surface area contributed by atoms with E-state index in [-0.39, 0.29) is 12.5 Å². The first kappa shape index (κ1) is 10.5. The summed E-state index contributed by atoms with van der Waals surface area (Å²) >= 11 is 0. The third kappa shape index (κ3) is 1.71. The van der Waals surface area contributed by atoms with Crippen molar-refractivity contribution in [1.82, 2.24) is 0 Å². The fraction of sp³-hybridized carbons (Fsp3) is 0.273. The molecule has 84 valence electrons. The molecule has 0 radical (unpaired) electrons. The van der Waals surface area contributed by atoms with E-state index in [1.165, 1.54) is 4.90 Å². The normalized spacial score (nSPS) is 18.9. The van der Waals surface area contributed by atoms with Crippen molar-refractivity contribution >= 4 is 23.3 Å². The first-order valence-corrected chi connectivity index (χ1v) is 4.98. The lowest BCUT2D eigenvalue weighted by molar-refractivity contribution is -0.136. The number of rotatable bonds is 2. The molecule has 5 heteroatoms. The highest BCUT2D eigenvalue weighted by atomic mass is 16.4. The monoisotopic (exact) mass is 220 g/mol. The van der Waals surface area contributed by atoms with Crippen LogP contribution in [0.2, 0.25) is 0 Å². The molecule has 1 aliphatic heterocycles. The molecule has 1 heterocycles. The Morgan fingerprint density at radius 1 is 1.50 bits per heavy atom. The van der Waals surface area contributed by atoms with E-state index in [1.807, 2.05) is 12.1 Å². The fourth-order valence-electron chi connectivity index (χ4n) is 1.78. The lowest BCUT2D eigenvalue weighted by Gasteiger charge is -2.32. The topological polar surface area (TPSA) is 69.6 Å². The molecule has 16 heavy (non-hydrogen) atoms. The summed E-state index contributed by atoms with van der Waals surface area (Å²) in [7, 11) is 0. The average Bonchev–Trinajstić information content (AvgIpc) is 2.24. The molecule has 0 spiro atoms. The third-order valence-electron chi connectivity index (χ3n) is 2.50. The Hall–Kier alpha value is -2.04. The highest BCUT2D eigenvalue weighted by Gasteiger charge is 2.30. The highest BCUT2D eigenvalue weighted by Crippen LogP contribution is 2.30. The molecule has 1 amide bonds. The Bertz CT molecular complexity index is 445. The molecule has 2 rings (SSSR count).